The summed E-state index contributed by atoms with van der Waals surface area (Å²) in [6, 6.07) is 15.4. The molecule has 126 valence electrons. The van der Waals surface area contributed by atoms with Crippen LogP contribution in [-0.2, 0) is 17.9 Å². The third-order valence-electron chi connectivity index (χ3n) is 4.35. The van der Waals surface area contributed by atoms with Gasteiger partial charge in [0.15, 0.2) is 0 Å². The van der Waals surface area contributed by atoms with E-state index in [9.17, 15) is 9.18 Å². The smallest absolute Gasteiger partial charge is 0.234 e. The lowest BCUT2D eigenvalue weighted by Crippen LogP contribution is -2.38. The van der Waals surface area contributed by atoms with E-state index >= 15 is 0 Å². The lowest BCUT2D eigenvalue weighted by molar-refractivity contribution is -0.122. The van der Waals surface area contributed by atoms with Gasteiger partial charge in [-0.3, -0.25) is 9.69 Å². The number of benzene rings is 2. The molecular formula is C20H23FN2O. The molecule has 0 saturated heterocycles. The van der Waals surface area contributed by atoms with E-state index in [1.54, 1.807) is 18.2 Å². The molecule has 2 aromatic rings. The summed E-state index contributed by atoms with van der Waals surface area (Å²) in [6.07, 6.45) is 2.29. The Morgan fingerprint density at radius 2 is 1.88 bits per heavy atom. The summed E-state index contributed by atoms with van der Waals surface area (Å²) in [5, 5.41) is 2.83. The molecule has 0 aromatic heterocycles. The van der Waals surface area contributed by atoms with Gasteiger partial charge in [0.05, 0.1) is 6.54 Å². The molecule has 0 spiro atoms. The second-order valence-electron chi connectivity index (χ2n) is 6.49. The van der Waals surface area contributed by atoms with Crippen LogP contribution in [-0.4, -0.2) is 23.4 Å². The number of nitrogens with one attached hydrogen (secondary N) is 1. The lowest BCUT2D eigenvalue weighted by atomic mass is 10.1. The number of carbonyl (C=O) groups is 1. The Bertz CT molecular complexity index is 695. The van der Waals surface area contributed by atoms with E-state index in [4.69, 9.17) is 0 Å². The van der Waals surface area contributed by atoms with E-state index in [0.717, 1.165) is 19.4 Å². The fourth-order valence-corrected chi connectivity index (χ4v) is 2.76. The number of aryl methyl sites for hydroxylation is 1. The van der Waals surface area contributed by atoms with Gasteiger partial charge in [0, 0.05) is 24.7 Å². The summed E-state index contributed by atoms with van der Waals surface area (Å²) >= 11 is 0. The van der Waals surface area contributed by atoms with Crippen LogP contribution in [0.4, 0.5) is 4.39 Å². The molecular weight excluding hydrogens is 303 g/mol. The number of rotatable bonds is 7. The van der Waals surface area contributed by atoms with Crippen molar-refractivity contribution in [3.8, 4) is 0 Å². The topological polar surface area (TPSA) is 32.3 Å². The van der Waals surface area contributed by atoms with Gasteiger partial charge in [-0.25, -0.2) is 4.39 Å². The summed E-state index contributed by atoms with van der Waals surface area (Å²) < 4.78 is 13.6. The minimum atomic E-state index is -0.281. The quantitative estimate of drug-likeness (QED) is 0.845. The largest absolute Gasteiger partial charge is 0.351 e. The van der Waals surface area contributed by atoms with Crippen LogP contribution in [0.15, 0.2) is 48.5 Å². The van der Waals surface area contributed by atoms with Crippen LogP contribution in [0.2, 0.25) is 0 Å². The number of halogens is 1. The number of nitrogens with zero attached hydrogens (tertiary/aromatic N) is 1. The summed E-state index contributed by atoms with van der Waals surface area (Å²) in [4.78, 5) is 14.4. The summed E-state index contributed by atoms with van der Waals surface area (Å²) in [7, 11) is 0. The Balaban J connectivity index is 1.54. The highest BCUT2D eigenvalue weighted by Crippen LogP contribution is 2.28. The van der Waals surface area contributed by atoms with Crippen molar-refractivity contribution < 1.29 is 9.18 Å². The Morgan fingerprint density at radius 3 is 2.54 bits per heavy atom. The van der Waals surface area contributed by atoms with Crippen LogP contribution in [0.25, 0.3) is 0 Å². The van der Waals surface area contributed by atoms with E-state index < -0.39 is 0 Å². The number of amides is 1. The van der Waals surface area contributed by atoms with Crippen molar-refractivity contribution in [2.75, 3.05) is 6.54 Å². The van der Waals surface area contributed by atoms with Crippen molar-refractivity contribution in [2.24, 2.45) is 0 Å². The molecule has 24 heavy (non-hydrogen) atoms. The Labute approximate surface area is 142 Å². The molecule has 1 fully saturated rings. The molecule has 0 heterocycles. The Kier molecular flexibility index (Phi) is 5.26. The number of carbonyl (C=O) groups excluding carboxylic acids is 1. The van der Waals surface area contributed by atoms with Crippen LogP contribution in [0.3, 0.4) is 0 Å². The van der Waals surface area contributed by atoms with Crippen LogP contribution < -0.4 is 5.32 Å². The zero-order valence-corrected chi connectivity index (χ0v) is 14.0. The molecule has 0 unspecified atom stereocenters. The first-order valence-electron chi connectivity index (χ1n) is 8.41. The third kappa shape index (κ3) is 4.65. The molecule has 1 saturated carbocycles. The first kappa shape index (κ1) is 16.7. The highest BCUT2D eigenvalue weighted by atomic mass is 19.1. The van der Waals surface area contributed by atoms with E-state index in [0.29, 0.717) is 18.2 Å². The molecule has 0 atom stereocenters. The van der Waals surface area contributed by atoms with Gasteiger partial charge in [0.2, 0.25) is 5.91 Å². The summed E-state index contributed by atoms with van der Waals surface area (Å²) in [5.74, 6) is -0.339. The standard InChI is InChI=1S/C20H23FN2O/c1-15-6-8-16(9-7-15)13-23(18-10-11-18)14-20(24)22-12-17-4-2-3-5-19(17)21/h2-9,18H,10-14H2,1H3,(H,22,24). The fraction of sp³-hybridized carbons (Fsp3) is 0.350. The molecule has 1 N–H and O–H groups in total. The predicted octanol–water partition coefficient (Wildman–Crippen LogP) is 3.41. The van der Waals surface area contributed by atoms with Crippen molar-refractivity contribution >= 4 is 5.91 Å². The number of hydrogen-bond donors (Lipinski definition) is 1. The lowest BCUT2D eigenvalue weighted by Gasteiger charge is -2.21. The highest BCUT2D eigenvalue weighted by Gasteiger charge is 2.30. The van der Waals surface area contributed by atoms with Crippen molar-refractivity contribution in [2.45, 2.75) is 38.9 Å². The minimum absolute atomic E-state index is 0.0581. The fourth-order valence-electron chi connectivity index (χ4n) is 2.76. The second-order valence-corrected chi connectivity index (χ2v) is 6.49. The van der Waals surface area contributed by atoms with Gasteiger partial charge in [0.1, 0.15) is 5.82 Å². The maximum atomic E-state index is 13.6. The van der Waals surface area contributed by atoms with Crippen molar-refractivity contribution in [3.05, 3.63) is 71.0 Å². The zero-order valence-electron chi connectivity index (χ0n) is 14.0. The molecule has 2 aromatic carbocycles. The SMILES string of the molecule is Cc1ccc(CN(CC(=O)NCc2ccccc2F)C2CC2)cc1. The Morgan fingerprint density at radius 1 is 1.17 bits per heavy atom. The Hall–Kier alpha value is -2.20. The molecule has 1 aliphatic rings. The van der Waals surface area contributed by atoms with E-state index in [2.05, 4.69) is 41.4 Å². The van der Waals surface area contributed by atoms with Gasteiger partial charge in [-0.15, -0.1) is 0 Å². The van der Waals surface area contributed by atoms with Gasteiger partial charge in [-0.2, -0.15) is 0 Å². The van der Waals surface area contributed by atoms with Crippen molar-refractivity contribution in [1.82, 2.24) is 10.2 Å². The average molecular weight is 326 g/mol. The minimum Gasteiger partial charge on any atom is -0.351 e. The molecule has 4 heteroatoms. The maximum absolute atomic E-state index is 13.6. The van der Waals surface area contributed by atoms with Crippen LogP contribution in [0.1, 0.15) is 29.5 Å². The highest BCUT2D eigenvalue weighted by molar-refractivity contribution is 5.78. The van der Waals surface area contributed by atoms with Gasteiger partial charge < -0.3 is 5.32 Å². The molecule has 0 bridgehead atoms. The van der Waals surface area contributed by atoms with Gasteiger partial charge in [-0.05, 0) is 31.4 Å². The molecule has 1 aliphatic carbocycles. The van der Waals surface area contributed by atoms with E-state index in [-0.39, 0.29) is 18.3 Å². The van der Waals surface area contributed by atoms with Gasteiger partial charge in [-0.1, -0.05) is 48.0 Å². The van der Waals surface area contributed by atoms with Crippen molar-refractivity contribution in [3.63, 3.8) is 0 Å². The zero-order chi connectivity index (χ0) is 16.9. The van der Waals surface area contributed by atoms with E-state index in [1.165, 1.54) is 17.2 Å². The normalized spacial score (nSPS) is 14.0. The first-order valence-corrected chi connectivity index (χ1v) is 8.41. The monoisotopic (exact) mass is 326 g/mol. The number of hydrogen-bond acceptors (Lipinski definition) is 2. The van der Waals surface area contributed by atoms with Crippen molar-refractivity contribution in [1.29, 1.82) is 0 Å². The predicted molar refractivity (Wildman–Crippen MR) is 92.9 cm³/mol. The van der Waals surface area contributed by atoms with Crippen LogP contribution in [0, 0.1) is 12.7 Å². The summed E-state index contributed by atoms with van der Waals surface area (Å²) in [6.45, 7) is 3.43. The van der Waals surface area contributed by atoms with Crippen LogP contribution >= 0.6 is 0 Å². The van der Waals surface area contributed by atoms with E-state index in [1.807, 2.05) is 0 Å². The third-order valence-corrected chi connectivity index (χ3v) is 4.35. The molecule has 0 radical (unpaired) electrons. The molecule has 3 nitrogen and oxygen atoms in total. The van der Waals surface area contributed by atoms with Crippen LogP contribution in [0.5, 0.6) is 0 Å². The van der Waals surface area contributed by atoms with Gasteiger partial charge >= 0.3 is 0 Å². The maximum Gasteiger partial charge on any atom is 0.234 e. The molecule has 0 aliphatic heterocycles. The first-order chi connectivity index (χ1) is 11.6. The summed E-state index contributed by atoms with van der Waals surface area (Å²) in [5.41, 5.74) is 2.97. The average Bonchev–Trinajstić information content (AvgIpc) is 3.40. The molecule has 1 amide bonds. The second kappa shape index (κ2) is 7.58. The van der Waals surface area contributed by atoms with Gasteiger partial charge in [0.25, 0.3) is 0 Å². The molecule has 3 rings (SSSR count).